The van der Waals surface area contributed by atoms with Crippen LogP contribution in [0.4, 0.5) is 10.3 Å². The standard InChI is InChI=1S/C16H17ClFN5O2/c1-3-6-11-12(15(24)25-4-2)14(23-16(19-11)20-21-22-23)9-7-5-8-10(17)13(9)18/h5,7-8,14H,3-4,6H2,1-2H3,(H,19,20,22)/t14-/m1/s1. The zero-order valence-electron chi connectivity index (χ0n) is 13.8. The summed E-state index contributed by atoms with van der Waals surface area (Å²) < 4.78 is 21.3. The molecular formula is C16H17ClFN5O2. The summed E-state index contributed by atoms with van der Waals surface area (Å²) in [6.45, 7) is 3.89. The van der Waals surface area contributed by atoms with Crippen LogP contribution in [0.5, 0.6) is 0 Å². The van der Waals surface area contributed by atoms with E-state index in [-0.39, 0.29) is 22.8 Å². The third-order valence-electron chi connectivity index (χ3n) is 3.87. The lowest BCUT2D eigenvalue weighted by Gasteiger charge is -2.28. The molecule has 0 saturated carbocycles. The van der Waals surface area contributed by atoms with Crippen molar-refractivity contribution < 1.29 is 13.9 Å². The fourth-order valence-electron chi connectivity index (χ4n) is 2.85. The second-order valence-electron chi connectivity index (χ2n) is 5.48. The molecule has 1 aromatic heterocycles. The summed E-state index contributed by atoms with van der Waals surface area (Å²) in [5.74, 6) is -0.819. The number of halogens is 2. The Balaban J connectivity index is 2.23. The van der Waals surface area contributed by atoms with E-state index in [0.29, 0.717) is 18.1 Å². The van der Waals surface area contributed by atoms with Crippen molar-refractivity contribution in [3.8, 4) is 0 Å². The van der Waals surface area contributed by atoms with Crippen molar-refractivity contribution in [2.75, 3.05) is 11.9 Å². The van der Waals surface area contributed by atoms with Crippen LogP contribution in [0.3, 0.4) is 0 Å². The summed E-state index contributed by atoms with van der Waals surface area (Å²) >= 11 is 5.94. The lowest BCUT2D eigenvalue weighted by atomic mass is 9.93. The highest BCUT2D eigenvalue weighted by Gasteiger charge is 2.37. The number of tetrazole rings is 1. The molecule has 0 fully saturated rings. The van der Waals surface area contributed by atoms with E-state index in [1.807, 2.05) is 6.92 Å². The largest absolute Gasteiger partial charge is 0.463 e. The lowest BCUT2D eigenvalue weighted by molar-refractivity contribution is -0.139. The number of hydrogen-bond acceptors (Lipinski definition) is 6. The number of allylic oxidation sites excluding steroid dienone is 1. The monoisotopic (exact) mass is 365 g/mol. The molecule has 0 saturated heterocycles. The van der Waals surface area contributed by atoms with Gasteiger partial charge in [-0.1, -0.05) is 42.2 Å². The zero-order chi connectivity index (χ0) is 18.0. The number of rotatable bonds is 5. The second-order valence-corrected chi connectivity index (χ2v) is 5.89. The van der Waals surface area contributed by atoms with Gasteiger partial charge in [0.1, 0.15) is 11.9 Å². The van der Waals surface area contributed by atoms with Crippen LogP contribution in [0, 0.1) is 5.82 Å². The molecule has 0 radical (unpaired) electrons. The Hall–Kier alpha value is -2.48. The molecule has 25 heavy (non-hydrogen) atoms. The first-order chi connectivity index (χ1) is 12.1. The van der Waals surface area contributed by atoms with Gasteiger partial charge in [0, 0.05) is 11.3 Å². The van der Waals surface area contributed by atoms with Gasteiger partial charge in [-0.25, -0.2) is 9.18 Å². The molecule has 0 spiro atoms. The van der Waals surface area contributed by atoms with Gasteiger partial charge >= 0.3 is 5.97 Å². The predicted octanol–water partition coefficient (Wildman–Crippen LogP) is 3.10. The fourth-order valence-corrected chi connectivity index (χ4v) is 3.03. The molecule has 1 atom stereocenters. The molecule has 1 aliphatic heterocycles. The fraction of sp³-hybridized carbons (Fsp3) is 0.375. The van der Waals surface area contributed by atoms with Crippen LogP contribution in [0.1, 0.15) is 38.3 Å². The highest BCUT2D eigenvalue weighted by Crippen LogP contribution is 2.38. The molecule has 0 bridgehead atoms. The molecule has 7 nitrogen and oxygen atoms in total. The Morgan fingerprint density at radius 2 is 2.24 bits per heavy atom. The van der Waals surface area contributed by atoms with Gasteiger partial charge in [0.15, 0.2) is 0 Å². The van der Waals surface area contributed by atoms with Gasteiger partial charge < -0.3 is 10.1 Å². The van der Waals surface area contributed by atoms with E-state index in [9.17, 15) is 9.18 Å². The Morgan fingerprint density at radius 1 is 1.44 bits per heavy atom. The van der Waals surface area contributed by atoms with Crippen LogP contribution < -0.4 is 5.32 Å². The maximum atomic E-state index is 14.7. The van der Waals surface area contributed by atoms with Crippen molar-refractivity contribution in [2.45, 2.75) is 32.7 Å². The Bertz CT molecular complexity index is 836. The summed E-state index contributed by atoms with van der Waals surface area (Å²) in [6, 6.07) is 3.77. The van der Waals surface area contributed by atoms with E-state index < -0.39 is 17.8 Å². The number of hydrogen-bond donors (Lipinski definition) is 1. The summed E-state index contributed by atoms with van der Waals surface area (Å²) in [5.41, 5.74) is 1.11. The molecule has 1 aromatic carbocycles. The summed E-state index contributed by atoms with van der Waals surface area (Å²) in [4.78, 5) is 12.6. The van der Waals surface area contributed by atoms with Crippen LogP contribution in [0.15, 0.2) is 29.5 Å². The average molecular weight is 366 g/mol. The minimum absolute atomic E-state index is 0.0362. The molecular weight excluding hydrogens is 349 g/mol. The Labute approximate surface area is 148 Å². The number of nitrogens with zero attached hydrogens (tertiary/aromatic N) is 4. The maximum absolute atomic E-state index is 14.7. The second kappa shape index (κ2) is 7.18. The molecule has 9 heteroatoms. The molecule has 2 heterocycles. The van der Waals surface area contributed by atoms with Crippen molar-refractivity contribution in [3.63, 3.8) is 0 Å². The molecule has 0 aliphatic carbocycles. The predicted molar refractivity (Wildman–Crippen MR) is 89.6 cm³/mol. The average Bonchev–Trinajstić information content (AvgIpc) is 3.05. The topological polar surface area (TPSA) is 81.9 Å². The van der Waals surface area contributed by atoms with Gasteiger partial charge in [-0.2, -0.15) is 4.68 Å². The van der Waals surface area contributed by atoms with Crippen molar-refractivity contribution in [1.29, 1.82) is 0 Å². The Morgan fingerprint density at radius 3 is 2.96 bits per heavy atom. The number of esters is 1. The number of aromatic nitrogens is 4. The number of nitrogens with one attached hydrogen (secondary N) is 1. The Kier molecular flexibility index (Phi) is 4.98. The number of carbonyl (C=O) groups is 1. The highest BCUT2D eigenvalue weighted by molar-refractivity contribution is 6.30. The van der Waals surface area contributed by atoms with E-state index in [4.69, 9.17) is 16.3 Å². The molecule has 0 unspecified atom stereocenters. The molecule has 1 N–H and O–H groups in total. The van der Waals surface area contributed by atoms with Crippen LogP contribution >= 0.6 is 11.6 Å². The minimum Gasteiger partial charge on any atom is -0.463 e. The summed E-state index contributed by atoms with van der Waals surface area (Å²) in [6.07, 6.45) is 1.34. The zero-order valence-corrected chi connectivity index (χ0v) is 14.5. The van der Waals surface area contributed by atoms with Gasteiger partial charge in [-0.05, 0) is 29.8 Å². The van der Waals surface area contributed by atoms with Crippen molar-refractivity contribution in [2.24, 2.45) is 0 Å². The normalized spacial score (nSPS) is 16.4. The highest BCUT2D eigenvalue weighted by atomic mass is 35.5. The molecule has 132 valence electrons. The van der Waals surface area contributed by atoms with E-state index in [2.05, 4.69) is 20.8 Å². The first-order valence-electron chi connectivity index (χ1n) is 7.97. The summed E-state index contributed by atoms with van der Waals surface area (Å²) in [5, 5.41) is 14.5. The van der Waals surface area contributed by atoms with Crippen LogP contribution in [0.2, 0.25) is 5.02 Å². The first-order valence-corrected chi connectivity index (χ1v) is 8.35. The van der Waals surface area contributed by atoms with Gasteiger partial charge in [-0.15, -0.1) is 0 Å². The number of fused-ring (bicyclic) bond motifs is 1. The van der Waals surface area contributed by atoms with Crippen LogP contribution in [-0.4, -0.2) is 32.8 Å². The molecule has 2 aromatic rings. The van der Waals surface area contributed by atoms with Gasteiger partial charge in [0.2, 0.25) is 5.95 Å². The smallest absolute Gasteiger partial charge is 0.338 e. The van der Waals surface area contributed by atoms with Crippen LogP contribution in [-0.2, 0) is 9.53 Å². The number of carbonyl (C=O) groups excluding carboxylic acids is 1. The van der Waals surface area contributed by atoms with Gasteiger partial charge in [0.25, 0.3) is 0 Å². The summed E-state index contributed by atoms with van der Waals surface area (Å²) in [7, 11) is 0. The maximum Gasteiger partial charge on any atom is 0.338 e. The first kappa shape index (κ1) is 17.3. The third kappa shape index (κ3) is 3.09. The molecule has 0 amide bonds. The van der Waals surface area contributed by atoms with Crippen molar-refractivity contribution in [3.05, 3.63) is 45.9 Å². The third-order valence-corrected chi connectivity index (χ3v) is 4.16. The van der Waals surface area contributed by atoms with Crippen LogP contribution in [0.25, 0.3) is 0 Å². The van der Waals surface area contributed by atoms with E-state index >= 15 is 0 Å². The van der Waals surface area contributed by atoms with E-state index in [0.717, 1.165) is 6.42 Å². The number of anilines is 1. The van der Waals surface area contributed by atoms with Gasteiger partial charge in [0.05, 0.1) is 17.2 Å². The number of ether oxygens (including phenoxy) is 1. The van der Waals surface area contributed by atoms with Crippen molar-refractivity contribution >= 4 is 23.5 Å². The van der Waals surface area contributed by atoms with Crippen molar-refractivity contribution in [1.82, 2.24) is 20.2 Å². The van der Waals surface area contributed by atoms with E-state index in [1.165, 1.54) is 10.7 Å². The minimum atomic E-state index is -0.856. The molecule has 3 rings (SSSR count). The molecule has 1 aliphatic rings. The SMILES string of the molecule is CCCC1=C(C(=O)OCC)[C@@H](c2cccc(Cl)c2F)n2nnnc2N1. The number of benzene rings is 1. The van der Waals surface area contributed by atoms with E-state index in [1.54, 1.807) is 19.1 Å². The lowest BCUT2D eigenvalue weighted by Crippen LogP contribution is -2.31. The quantitative estimate of drug-likeness (QED) is 0.820. The van der Waals surface area contributed by atoms with Gasteiger partial charge in [-0.3, -0.25) is 0 Å².